The molecule has 0 spiro atoms. The molecule has 0 fully saturated rings. The van der Waals surface area contributed by atoms with E-state index in [2.05, 4.69) is 10.1 Å². The van der Waals surface area contributed by atoms with Crippen LogP contribution in [0.5, 0.6) is 0 Å². The molecule has 0 aromatic carbocycles. The zero-order chi connectivity index (χ0) is 13.3. The number of carbonyl (C=O) groups excluding carboxylic acids is 2. The lowest BCUT2D eigenvalue weighted by molar-refractivity contribution is -0.146. The first-order valence-electron chi connectivity index (χ1n) is 5.32. The molecule has 1 unspecified atom stereocenters. The number of nitrogens with one attached hydrogen (secondary N) is 1. The Hall–Kier alpha value is -1.11. The van der Waals surface area contributed by atoms with Crippen molar-refractivity contribution in [1.82, 2.24) is 5.32 Å². The highest BCUT2D eigenvalue weighted by atomic mass is 32.2. The fraction of sp³-hybridized carbons (Fsp3) is 0.800. The number of ether oxygens (including phenoxy) is 2. The standard InChI is InChI=1S/C10H19NO5S/c1-4-6-16-9(12)8(5-7-17(3)14)11-10(13)15-2/h8H,4-7H2,1-3H3,(H,11,13)/t8-,17?/m1/s1. The average Bonchev–Trinajstić information content (AvgIpc) is 2.30. The Morgan fingerprint density at radius 1 is 1.41 bits per heavy atom. The van der Waals surface area contributed by atoms with Gasteiger partial charge in [-0.05, 0) is 12.8 Å². The molecule has 2 atom stereocenters. The number of esters is 1. The van der Waals surface area contributed by atoms with Crippen molar-refractivity contribution in [2.24, 2.45) is 0 Å². The molecule has 0 aromatic heterocycles. The van der Waals surface area contributed by atoms with Gasteiger partial charge in [-0.2, -0.15) is 0 Å². The van der Waals surface area contributed by atoms with Gasteiger partial charge in [0.15, 0.2) is 0 Å². The van der Waals surface area contributed by atoms with Gasteiger partial charge in [-0.3, -0.25) is 4.21 Å². The third-order valence-electron chi connectivity index (χ3n) is 1.90. The van der Waals surface area contributed by atoms with E-state index >= 15 is 0 Å². The Kier molecular flexibility index (Phi) is 8.39. The van der Waals surface area contributed by atoms with Crippen LogP contribution in [0.2, 0.25) is 0 Å². The van der Waals surface area contributed by atoms with E-state index in [4.69, 9.17) is 4.74 Å². The van der Waals surface area contributed by atoms with Gasteiger partial charge in [-0.1, -0.05) is 6.92 Å². The third kappa shape index (κ3) is 7.73. The summed E-state index contributed by atoms with van der Waals surface area (Å²) in [5.74, 6) is -0.210. The number of hydrogen-bond donors (Lipinski definition) is 1. The first kappa shape index (κ1) is 15.9. The van der Waals surface area contributed by atoms with Crippen LogP contribution in [0.1, 0.15) is 19.8 Å². The van der Waals surface area contributed by atoms with Crippen LogP contribution in [0, 0.1) is 0 Å². The highest BCUT2D eigenvalue weighted by Gasteiger charge is 2.22. The molecule has 0 heterocycles. The van der Waals surface area contributed by atoms with Crippen molar-refractivity contribution in [3.63, 3.8) is 0 Å². The Balaban J connectivity index is 4.32. The first-order chi connectivity index (χ1) is 8.01. The Morgan fingerprint density at radius 3 is 2.53 bits per heavy atom. The molecule has 6 nitrogen and oxygen atoms in total. The molecule has 0 bridgehead atoms. The van der Waals surface area contributed by atoms with Gasteiger partial charge in [0.2, 0.25) is 0 Å². The number of carbonyl (C=O) groups is 2. The lowest BCUT2D eigenvalue weighted by Gasteiger charge is -2.16. The van der Waals surface area contributed by atoms with Crippen molar-refractivity contribution in [3.05, 3.63) is 0 Å². The maximum absolute atomic E-state index is 11.6. The van der Waals surface area contributed by atoms with E-state index in [9.17, 15) is 13.8 Å². The highest BCUT2D eigenvalue weighted by Crippen LogP contribution is 1.99. The van der Waals surface area contributed by atoms with E-state index in [0.29, 0.717) is 18.8 Å². The topological polar surface area (TPSA) is 81.7 Å². The van der Waals surface area contributed by atoms with Crippen molar-refractivity contribution in [1.29, 1.82) is 0 Å². The van der Waals surface area contributed by atoms with Crippen molar-refractivity contribution in [2.75, 3.05) is 25.7 Å². The van der Waals surface area contributed by atoms with Gasteiger partial charge >= 0.3 is 12.1 Å². The van der Waals surface area contributed by atoms with Gasteiger partial charge in [-0.15, -0.1) is 0 Å². The number of methoxy groups -OCH3 is 1. The average molecular weight is 265 g/mol. The fourth-order valence-electron chi connectivity index (χ4n) is 1.04. The van der Waals surface area contributed by atoms with Crippen LogP contribution in [0.4, 0.5) is 4.79 Å². The Labute approximate surface area is 103 Å². The molecule has 0 radical (unpaired) electrons. The Morgan fingerprint density at radius 2 is 2.06 bits per heavy atom. The van der Waals surface area contributed by atoms with E-state index in [-0.39, 0.29) is 6.42 Å². The smallest absolute Gasteiger partial charge is 0.407 e. The maximum atomic E-state index is 11.6. The summed E-state index contributed by atoms with van der Waals surface area (Å²) in [5, 5.41) is 2.36. The minimum absolute atomic E-state index is 0.265. The molecule has 17 heavy (non-hydrogen) atoms. The van der Waals surface area contributed by atoms with Gasteiger partial charge < -0.3 is 14.8 Å². The van der Waals surface area contributed by atoms with Gasteiger partial charge in [0.05, 0.1) is 13.7 Å². The van der Waals surface area contributed by atoms with Crippen LogP contribution in [-0.2, 0) is 25.1 Å². The van der Waals surface area contributed by atoms with Crippen molar-refractivity contribution >= 4 is 22.9 Å². The quantitative estimate of drug-likeness (QED) is 0.675. The molecule has 0 saturated carbocycles. The van der Waals surface area contributed by atoms with Crippen LogP contribution in [-0.4, -0.2) is 48.0 Å². The minimum atomic E-state index is -1.03. The second-order valence-corrected chi connectivity index (χ2v) is 4.98. The summed E-state index contributed by atoms with van der Waals surface area (Å²) in [6, 6.07) is -0.808. The van der Waals surface area contributed by atoms with E-state index < -0.39 is 28.9 Å². The second-order valence-electron chi connectivity index (χ2n) is 3.42. The molecule has 1 N–H and O–H groups in total. The second kappa shape index (κ2) is 8.98. The summed E-state index contributed by atoms with van der Waals surface area (Å²) in [5.41, 5.74) is 0. The number of rotatable bonds is 7. The van der Waals surface area contributed by atoms with Crippen molar-refractivity contribution < 1.29 is 23.3 Å². The van der Waals surface area contributed by atoms with E-state index in [0.717, 1.165) is 0 Å². The predicted octanol–water partition coefficient (Wildman–Crippen LogP) is 0.433. The Bertz CT molecular complexity index is 282. The molecule has 0 aliphatic carbocycles. The molecule has 1 amide bonds. The summed E-state index contributed by atoms with van der Waals surface area (Å²) in [4.78, 5) is 22.6. The van der Waals surface area contributed by atoms with Crippen molar-refractivity contribution in [3.8, 4) is 0 Å². The third-order valence-corrected chi connectivity index (χ3v) is 2.72. The van der Waals surface area contributed by atoms with Crippen LogP contribution in [0.3, 0.4) is 0 Å². The molecular formula is C10H19NO5S. The van der Waals surface area contributed by atoms with Crippen molar-refractivity contribution in [2.45, 2.75) is 25.8 Å². The van der Waals surface area contributed by atoms with E-state index in [1.807, 2.05) is 6.92 Å². The van der Waals surface area contributed by atoms with Gasteiger partial charge in [0, 0.05) is 22.8 Å². The van der Waals surface area contributed by atoms with Gasteiger partial charge in [-0.25, -0.2) is 9.59 Å². The molecule has 0 aromatic rings. The lowest BCUT2D eigenvalue weighted by atomic mass is 10.2. The van der Waals surface area contributed by atoms with Crippen LogP contribution >= 0.6 is 0 Å². The minimum Gasteiger partial charge on any atom is -0.464 e. The number of amides is 1. The zero-order valence-corrected chi connectivity index (χ0v) is 11.2. The predicted molar refractivity (Wildman–Crippen MR) is 64.1 cm³/mol. The van der Waals surface area contributed by atoms with Crippen LogP contribution < -0.4 is 5.32 Å². The zero-order valence-electron chi connectivity index (χ0n) is 10.4. The monoisotopic (exact) mass is 265 g/mol. The summed E-state index contributed by atoms with van der Waals surface area (Å²) < 4.78 is 20.3. The first-order valence-corrected chi connectivity index (χ1v) is 7.05. The summed E-state index contributed by atoms with van der Waals surface area (Å²) in [7, 11) is 0.185. The number of alkyl carbamates (subject to hydrolysis) is 1. The molecular weight excluding hydrogens is 246 g/mol. The lowest BCUT2D eigenvalue weighted by Crippen LogP contribution is -2.42. The summed E-state index contributed by atoms with van der Waals surface area (Å²) in [6.45, 7) is 2.17. The molecule has 0 saturated heterocycles. The van der Waals surface area contributed by atoms with Crippen LogP contribution in [0.15, 0.2) is 0 Å². The van der Waals surface area contributed by atoms with Gasteiger partial charge in [0.25, 0.3) is 0 Å². The normalized spacial score (nSPS) is 13.6. The van der Waals surface area contributed by atoms with Crippen LogP contribution in [0.25, 0.3) is 0 Å². The summed E-state index contributed by atoms with van der Waals surface area (Å²) >= 11 is 0. The number of hydrogen-bond acceptors (Lipinski definition) is 5. The van der Waals surface area contributed by atoms with E-state index in [1.165, 1.54) is 13.4 Å². The fourth-order valence-corrected chi connectivity index (χ4v) is 1.60. The molecule has 0 rings (SSSR count). The maximum Gasteiger partial charge on any atom is 0.407 e. The largest absolute Gasteiger partial charge is 0.464 e. The molecule has 0 aliphatic heterocycles. The van der Waals surface area contributed by atoms with Gasteiger partial charge in [0.1, 0.15) is 6.04 Å². The molecule has 100 valence electrons. The molecule has 0 aliphatic rings. The van der Waals surface area contributed by atoms with E-state index in [1.54, 1.807) is 0 Å². The summed E-state index contributed by atoms with van der Waals surface area (Å²) in [6.07, 6.45) is 1.80. The highest BCUT2D eigenvalue weighted by molar-refractivity contribution is 7.84. The SMILES string of the molecule is CCCOC(=O)[C@@H](CCS(C)=O)NC(=O)OC. The molecule has 7 heteroatoms.